The van der Waals surface area contributed by atoms with Gasteiger partial charge in [0.05, 0.1) is 0 Å². The first-order valence-electron chi connectivity index (χ1n) is 10.7. The van der Waals surface area contributed by atoms with Gasteiger partial charge in [0.25, 0.3) is 6.47 Å². The van der Waals surface area contributed by atoms with Gasteiger partial charge in [0.15, 0.2) is 0 Å². The molecule has 0 aliphatic rings. The Morgan fingerprint density at radius 3 is 1.82 bits per heavy atom. The highest BCUT2D eigenvalue weighted by molar-refractivity contribution is 5.45. The van der Waals surface area contributed by atoms with Crippen LogP contribution < -0.4 is 0 Å². The second-order valence-electron chi connectivity index (χ2n) is 9.77. The summed E-state index contributed by atoms with van der Waals surface area (Å²) < 4.78 is 5.07. The highest BCUT2D eigenvalue weighted by Crippen LogP contribution is 2.30. The maximum Gasteiger partial charge on any atom is 0.293 e. The predicted octanol–water partition coefficient (Wildman–Crippen LogP) is 6.30. The fraction of sp³-hybridized carbons (Fsp3) is 0.708. The summed E-state index contributed by atoms with van der Waals surface area (Å²) in [7, 11) is 0. The molecule has 28 heavy (non-hydrogen) atoms. The van der Waals surface area contributed by atoms with Gasteiger partial charge in [-0.1, -0.05) is 40.0 Å². The molecule has 1 aromatic carbocycles. The number of unbranched alkanes of at least 4 members (excludes halogenated alkanes) is 4. The van der Waals surface area contributed by atoms with Gasteiger partial charge in [0.1, 0.15) is 17.1 Å². The van der Waals surface area contributed by atoms with Crippen LogP contribution in [0.25, 0.3) is 0 Å². The van der Waals surface area contributed by atoms with E-state index in [0.29, 0.717) is 11.9 Å². The lowest BCUT2D eigenvalue weighted by molar-refractivity contribution is -0.140. The van der Waals surface area contributed by atoms with E-state index in [-0.39, 0.29) is 11.5 Å². The molecular weight excluding hydrogens is 352 g/mol. The predicted molar refractivity (Wildman–Crippen MR) is 115 cm³/mol. The number of hydrogen-bond acceptors (Lipinski definition) is 4. The van der Waals surface area contributed by atoms with E-state index in [9.17, 15) is 15.0 Å². The Kier molecular flexibility index (Phi) is 9.84. The number of aromatic hydroxyl groups is 2. The van der Waals surface area contributed by atoms with E-state index in [0.717, 1.165) is 56.1 Å². The van der Waals surface area contributed by atoms with Gasteiger partial charge in [-0.25, -0.2) is 0 Å². The Labute approximate surface area is 171 Å². The van der Waals surface area contributed by atoms with Crippen LogP contribution >= 0.6 is 0 Å². The molecule has 0 aliphatic carbocycles. The Balaban J connectivity index is 2.45. The topological polar surface area (TPSA) is 66.8 Å². The van der Waals surface area contributed by atoms with Crippen LogP contribution in [0.1, 0.15) is 97.1 Å². The number of ether oxygens (including phenoxy) is 1. The summed E-state index contributed by atoms with van der Waals surface area (Å²) in [6.45, 7) is 11.1. The van der Waals surface area contributed by atoms with E-state index in [1.165, 1.54) is 25.3 Å². The molecule has 0 atom stereocenters. The molecule has 0 saturated carbocycles. The summed E-state index contributed by atoms with van der Waals surface area (Å²) in [5.41, 5.74) is 1.76. The lowest BCUT2D eigenvalue weighted by atomic mass is 9.89. The van der Waals surface area contributed by atoms with E-state index in [2.05, 4.69) is 20.8 Å². The number of phenols is 2. The van der Waals surface area contributed by atoms with E-state index in [1.807, 2.05) is 19.9 Å². The SMILES string of the molecule is CC(C)(C)CCCCCCc1cc(CCCCC(C)(C)OC=O)c(O)cc1O. The van der Waals surface area contributed by atoms with Gasteiger partial charge in [-0.05, 0) is 81.4 Å². The van der Waals surface area contributed by atoms with Crippen LogP contribution in [-0.2, 0) is 22.4 Å². The van der Waals surface area contributed by atoms with Crippen molar-refractivity contribution >= 4 is 6.47 Å². The zero-order chi connectivity index (χ0) is 21.2. The molecule has 0 aliphatic heterocycles. The Bertz CT molecular complexity index is 599. The summed E-state index contributed by atoms with van der Waals surface area (Å²) in [5, 5.41) is 20.3. The summed E-state index contributed by atoms with van der Waals surface area (Å²) in [6.07, 6.45) is 10.1. The molecule has 0 aromatic heterocycles. The molecule has 0 bridgehead atoms. The first-order chi connectivity index (χ1) is 13.0. The maximum atomic E-state index is 10.5. The van der Waals surface area contributed by atoms with Crippen molar-refractivity contribution < 1.29 is 19.7 Å². The Hall–Kier alpha value is -1.71. The van der Waals surface area contributed by atoms with Crippen molar-refractivity contribution in [2.75, 3.05) is 0 Å². The molecule has 1 rings (SSSR count). The van der Waals surface area contributed by atoms with Gasteiger partial charge in [-0.3, -0.25) is 4.79 Å². The van der Waals surface area contributed by atoms with Crippen LogP contribution in [0.3, 0.4) is 0 Å². The quantitative estimate of drug-likeness (QED) is 0.305. The van der Waals surface area contributed by atoms with Crippen LogP contribution in [0.15, 0.2) is 12.1 Å². The second-order valence-corrected chi connectivity index (χ2v) is 9.77. The first-order valence-corrected chi connectivity index (χ1v) is 10.7. The molecule has 0 amide bonds. The standard InChI is InChI=1S/C24H40O4/c1-23(2,3)14-10-7-6-8-12-19-16-20(22(27)17-21(19)26)13-9-11-15-24(4,5)28-18-25/h16-18,26-27H,6-15H2,1-5H3. The number of carbonyl (C=O) groups excluding carboxylic acids is 1. The maximum absolute atomic E-state index is 10.5. The van der Waals surface area contributed by atoms with Gasteiger partial charge in [0, 0.05) is 6.07 Å². The Morgan fingerprint density at radius 2 is 1.29 bits per heavy atom. The molecule has 160 valence electrons. The van der Waals surface area contributed by atoms with Crippen molar-refractivity contribution in [3.05, 3.63) is 23.3 Å². The molecule has 0 unspecified atom stereocenters. The zero-order valence-corrected chi connectivity index (χ0v) is 18.5. The minimum absolute atomic E-state index is 0.162. The third kappa shape index (κ3) is 10.0. The molecule has 0 spiro atoms. The average molecular weight is 393 g/mol. The minimum Gasteiger partial charge on any atom is -0.508 e. The van der Waals surface area contributed by atoms with Crippen molar-refractivity contribution in [1.29, 1.82) is 0 Å². The zero-order valence-electron chi connectivity index (χ0n) is 18.5. The number of rotatable bonds is 13. The van der Waals surface area contributed by atoms with E-state index in [1.54, 1.807) is 0 Å². The smallest absolute Gasteiger partial charge is 0.293 e. The van der Waals surface area contributed by atoms with Gasteiger partial charge in [-0.15, -0.1) is 0 Å². The van der Waals surface area contributed by atoms with Crippen LogP contribution in [0, 0.1) is 5.41 Å². The van der Waals surface area contributed by atoms with Gasteiger partial charge in [0.2, 0.25) is 0 Å². The largest absolute Gasteiger partial charge is 0.508 e. The monoisotopic (exact) mass is 392 g/mol. The lowest BCUT2D eigenvalue weighted by Gasteiger charge is -2.22. The molecular formula is C24H40O4. The van der Waals surface area contributed by atoms with Gasteiger partial charge < -0.3 is 14.9 Å². The van der Waals surface area contributed by atoms with Crippen LogP contribution in [0.2, 0.25) is 0 Å². The van der Waals surface area contributed by atoms with Crippen molar-refractivity contribution in [1.82, 2.24) is 0 Å². The van der Waals surface area contributed by atoms with Gasteiger partial charge >= 0.3 is 0 Å². The molecule has 0 heterocycles. The van der Waals surface area contributed by atoms with Crippen molar-refractivity contribution in [2.45, 2.75) is 104 Å². The van der Waals surface area contributed by atoms with Crippen molar-refractivity contribution in [3.8, 4) is 11.5 Å². The normalized spacial score (nSPS) is 12.2. The molecule has 4 heteroatoms. The number of carbonyl (C=O) groups is 1. The molecule has 0 saturated heterocycles. The molecule has 0 radical (unpaired) electrons. The summed E-state index contributed by atoms with van der Waals surface area (Å²) in [5.74, 6) is 0.353. The summed E-state index contributed by atoms with van der Waals surface area (Å²) in [6, 6.07) is 3.43. The fourth-order valence-electron chi connectivity index (χ4n) is 3.45. The van der Waals surface area contributed by atoms with Crippen LogP contribution in [0.4, 0.5) is 0 Å². The minimum atomic E-state index is -0.448. The molecule has 0 fully saturated rings. The first kappa shape index (κ1) is 24.3. The third-order valence-electron chi connectivity index (χ3n) is 5.24. The third-order valence-corrected chi connectivity index (χ3v) is 5.24. The summed E-state index contributed by atoms with van der Waals surface area (Å²) >= 11 is 0. The summed E-state index contributed by atoms with van der Waals surface area (Å²) in [4.78, 5) is 10.5. The number of phenolic OH excluding ortho intramolecular Hbond substituents is 2. The number of aryl methyl sites for hydroxylation is 2. The molecule has 4 nitrogen and oxygen atoms in total. The molecule has 1 aromatic rings. The lowest BCUT2D eigenvalue weighted by Crippen LogP contribution is -2.23. The van der Waals surface area contributed by atoms with E-state index >= 15 is 0 Å². The molecule has 2 N–H and O–H groups in total. The number of benzene rings is 1. The highest BCUT2D eigenvalue weighted by Gasteiger charge is 2.18. The highest BCUT2D eigenvalue weighted by atomic mass is 16.5. The van der Waals surface area contributed by atoms with Gasteiger partial charge in [-0.2, -0.15) is 0 Å². The average Bonchev–Trinajstić information content (AvgIpc) is 2.56. The van der Waals surface area contributed by atoms with E-state index < -0.39 is 5.60 Å². The van der Waals surface area contributed by atoms with Crippen molar-refractivity contribution in [3.63, 3.8) is 0 Å². The van der Waals surface area contributed by atoms with Crippen molar-refractivity contribution in [2.24, 2.45) is 5.41 Å². The van der Waals surface area contributed by atoms with E-state index in [4.69, 9.17) is 4.74 Å². The number of hydrogen-bond donors (Lipinski definition) is 2. The second kappa shape index (κ2) is 11.3. The Morgan fingerprint density at radius 1 is 0.786 bits per heavy atom. The van der Waals surface area contributed by atoms with Crippen LogP contribution in [-0.4, -0.2) is 22.3 Å². The van der Waals surface area contributed by atoms with Crippen LogP contribution in [0.5, 0.6) is 11.5 Å². The fourth-order valence-corrected chi connectivity index (χ4v) is 3.45.